The number of fused-ring (bicyclic) bond motifs is 1. The van der Waals surface area contributed by atoms with E-state index in [4.69, 9.17) is 13.9 Å². The summed E-state index contributed by atoms with van der Waals surface area (Å²) in [5.74, 6) is 1.22. The molecule has 3 atom stereocenters. The zero-order valence-electron chi connectivity index (χ0n) is 11.8. The average molecular weight is 278 g/mol. The molecular weight excluding hydrogens is 256 g/mol. The van der Waals surface area contributed by atoms with Gasteiger partial charge in [-0.1, -0.05) is 0 Å². The van der Waals surface area contributed by atoms with Crippen molar-refractivity contribution in [3.8, 4) is 0 Å². The van der Waals surface area contributed by atoms with Crippen LogP contribution >= 0.6 is 0 Å². The van der Waals surface area contributed by atoms with E-state index in [-0.39, 0.29) is 11.5 Å². The molecule has 1 spiro atoms. The van der Waals surface area contributed by atoms with Gasteiger partial charge in [-0.2, -0.15) is 0 Å². The van der Waals surface area contributed by atoms with E-state index in [9.17, 15) is 5.11 Å². The third kappa shape index (κ3) is 1.85. The molecule has 2 aliphatic heterocycles. The fourth-order valence-corrected chi connectivity index (χ4v) is 4.30. The van der Waals surface area contributed by atoms with Crippen molar-refractivity contribution in [1.29, 1.82) is 0 Å². The maximum absolute atomic E-state index is 11.3. The van der Waals surface area contributed by atoms with Gasteiger partial charge in [0.2, 0.25) is 0 Å². The van der Waals surface area contributed by atoms with Crippen LogP contribution < -0.4 is 0 Å². The van der Waals surface area contributed by atoms with E-state index in [1.807, 2.05) is 6.07 Å². The Bertz CT molecular complexity index is 488. The number of aryl methyl sites for hydroxylation is 1. The molecule has 1 aliphatic carbocycles. The fraction of sp³-hybridized carbons (Fsp3) is 0.750. The lowest BCUT2D eigenvalue weighted by Gasteiger charge is -2.46. The highest BCUT2D eigenvalue weighted by atomic mass is 16.6. The lowest BCUT2D eigenvalue weighted by atomic mass is 9.68. The number of aliphatic hydroxyl groups is 1. The third-order valence-electron chi connectivity index (χ3n) is 5.41. The van der Waals surface area contributed by atoms with Gasteiger partial charge in [-0.25, -0.2) is 0 Å². The highest BCUT2D eigenvalue weighted by Crippen LogP contribution is 2.48. The zero-order chi connectivity index (χ0) is 13.6. The van der Waals surface area contributed by atoms with Crippen molar-refractivity contribution in [2.24, 2.45) is 5.92 Å². The quantitative estimate of drug-likeness (QED) is 0.857. The Morgan fingerprint density at radius 2 is 2.20 bits per heavy atom. The van der Waals surface area contributed by atoms with Crippen LogP contribution in [0.5, 0.6) is 0 Å². The molecule has 1 aromatic rings. The Morgan fingerprint density at radius 3 is 3.05 bits per heavy atom. The SMILES string of the molecule is OC1(C2CCOC3(CCOC3)C2)CCCc2occc21. The summed E-state index contributed by atoms with van der Waals surface area (Å²) in [4.78, 5) is 0. The van der Waals surface area contributed by atoms with Crippen LogP contribution in [0.4, 0.5) is 0 Å². The van der Waals surface area contributed by atoms with E-state index in [2.05, 4.69) is 0 Å². The van der Waals surface area contributed by atoms with Crippen molar-refractivity contribution in [2.45, 2.75) is 49.7 Å². The molecule has 3 unspecified atom stereocenters. The standard InChI is InChI=1S/C16H22O4/c17-16(5-1-2-14-13(16)4-7-19-14)12-3-8-20-15(10-12)6-9-18-11-15/h4,7,12,17H,1-3,5-6,8-11H2. The van der Waals surface area contributed by atoms with Crippen molar-refractivity contribution in [3.63, 3.8) is 0 Å². The van der Waals surface area contributed by atoms with Crippen LogP contribution in [0.2, 0.25) is 0 Å². The summed E-state index contributed by atoms with van der Waals surface area (Å²) in [5.41, 5.74) is 0.129. The summed E-state index contributed by atoms with van der Waals surface area (Å²) in [5, 5.41) is 11.3. The smallest absolute Gasteiger partial charge is 0.109 e. The van der Waals surface area contributed by atoms with Gasteiger partial charge < -0.3 is 19.0 Å². The van der Waals surface area contributed by atoms with E-state index in [0.29, 0.717) is 6.61 Å². The molecule has 2 saturated heterocycles. The Hall–Kier alpha value is -0.840. The number of rotatable bonds is 1. The van der Waals surface area contributed by atoms with Crippen LogP contribution in [-0.2, 0) is 21.5 Å². The molecule has 3 heterocycles. The van der Waals surface area contributed by atoms with E-state index in [1.54, 1.807) is 6.26 Å². The lowest BCUT2D eigenvalue weighted by Crippen LogP contribution is -2.48. The van der Waals surface area contributed by atoms with Crippen molar-refractivity contribution >= 4 is 0 Å². The van der Waals surface area contributed by atoms with Crippen molar-refractivity contribution in [3.05, 3.63) is 23.7 Å². The van der Waals surface area contributed by atoms with Gasteiger partial charge in [0.1, 0.15) is 5.76 Å². The molecule has 110 valence electrons. The first kappa shape index (κ1) is 12.9. The Labute approximate surface area is 119 Å². The molecule has 0 aromatic carbocycles. The van der Waals surface area contributed by atoms with Gasteiger partial charge in [-0.15, -0.1) is 0 Å². The summed E-state index contributed by atoms with van der Waals surface area (Å²) < 4.78 is 17.1. The lowest BCUT2D eigenvalue weighted by molar-refractivity contribution is -0.150. The summed E-state index contributed by atoms with van der Waals surface area (Å²) in [6.07, 6.45) is 7.27. The molecule has 0 saturated carbocycles. The number of hydrogen-bond donors (Lipinski definition) is 1. The first-order valence-corrected chi connectivity index (χ1v) is 7.73. The summed E-state index contributed by atoms with van der Waals surface area (Å²) in [7, 11) is 0. The van der Waals surface area contributed by atoms with E-state index in [0.717, 1.165) is 63.1 Å². The molecule has 0 amide bonds. The van der Waals surface area contributed by atoms with Gasteiger partial charge in [0.05, 0.1) is 24.1 Å². The second-order valence-corrected chi connectivity index (χ2v) is 6.56. The molecule has 1 aromatic heterocycles. The molecule has 4 nitrogen and oxygen atoms in total. The summed E-state index contributed by atoms with van der Waals surface area (Å²) in [6, 6.07) is 1.96. The van der Waals surface area contributed by atoms with Gasteiger partial charge in [-0.3, -0.25) is 0 Å². The topological polar surface area (TPSA) is 51.8 Å². The summed E-state index contributed by atoms with van der Waals surface area (Å²) in [6.45, 7) is 2.18. The largest absolute Gasteiger partial charge is 0.469 e. The van der Waals surface area contributed by atoms with Gasteiger partial charge in [-0.05, 0) is 37.7 Å². The molecule has 0 bridgehead atoms. The Morgan fingerprint density at radius 1 is 1.25 bits per heavy atom. The molecule has 4 heteroatoms. The normalized spacial score (nSPS) is 41.0. The molecular formula is C16H22O4. The predicted octanol–water partition coefficient (Wildman–Crippen LogP) is 2.39. The van der Waals surface area contributed by atoms with Crippen LogP contribution in [0, 0.1) is 5.92 Å². The molecule has 3 aliphatic rings. The molecule has 0 radical (unpaired) electrons. The fourth-order valence-electron chi connectivity index (χ4n) is 4.30. The maximum Gasteiger partial charge on any atom is 0.109 e. The molecule has 2 fully saturated rings. The highest BCUT2D eigenvalue weighted by Gasteiger charge is 2.50. The number of hydrogen-bond acceptors (Lipinski definition) is 4. The van der Waals surface area contributed by atoms with Crippen LogP contribution in [0.1, 0.15) is 43.4 Å². The Balaban J connectivity index is 1.64. The summed E-state index contributed by atoms with van der Waals surface area (Å²) >= 11 is 0. The Kier molecular flexibility index (Phi) is 2.95. The van der Waals surface area contributed by atoms with Crippen molar-refractivity contribution in [2.75, 3.05) is 19.8 Å². The average Bonchev–Trinajstić information content (AvgIpc) is 3.09. The number of ether oxygens (including phenoxy) is 2. The van der Waals surface area contributed by atoms with E-state index < -0.39 is 5.60 Å². The maximum atomic E-state index is 11.3. The van der Waals surface area contributed by atoms with Gasteiger partial charge in [0.15, 0.2) is 0 Å². The number of furan rings is 1. The predicted molar refractivity (Wildman–Crippen MR) is 72.4 cm³/mol. The molecule has 20 heavy (non-hydrogen) atoms. The van der Waals surface area contributed by atoms with Crippen LogP contribution in [0.15, 0.2) is 16.7 Å². The first-order chi connectivity index (χ1) is 9.72. The second-order valence-electron chi connectivity index (χ2n) is 6.56. The highest BCUT2D eigenvalue weighted by molar-refractivity contribution is 5.29. The van der Waals surface area contributed by atoms with E-state index >= 15 is 0 Å². The van der Waals surface area contributed by atoms with Crippen LogP contribution in [-0.4, -0.2) is 30.5 Å². The van der Waals surface area contributed by atoms with Gasteiger partial charge in [0.25, 0.3) is 0 Å². The minimum atomic E-state index is -0.736. The minimum absolute atomic E-state index is 0.153. The second kappa shape index (κ2) is 4.58. The van der Waals surface area contributed by atoms with Crippen molar-refractivity contribution < 1.29 is 19.0 Å². The van der Waals surface area contributed by atoms with Crippen molar-refractivity contribution in [1.82, 2.24) is 0 Å². The minimum Gasteiger partial charge on any atom is -0.469 e. The third-order valence-corrected chi connectivity index (χ3v) is 5.41. The monoisotopic (exact) mass is 278 g/mol. The molecule has 4 rings (SSSR count). The first-order valence-electron chi connectivity index (χ1n) is 7.73. The van der Waals surface area contributed by atoms with Crippen LogP contribution in [0.3, 0.4) is 0 Å². The van der Waals surface area contributed by atoms with Gasteiger partial charge >= 0.3 is 0 Å². The molecule has 1 N–H and O–H groups in total. The van der Waals surface area contributed by atoms with E-state index in [1.165, 1.54) is 0 Å². The van der Waals surface area contributed by atoms with Crippen LogP contribution in [0.25, 0.3) is 0 Å². The zero-order valence-corrected chi connectivity index (χ0v) is 11.8. The van der Waals surface area contributed by atoms with Gasteiger partial charge in [0, 0.05) is 31.6 Å².